The molecule has 3 N–H and O–H groups in total. The maximum Gasteiger partial charge on any atom is 0.406 e. The molecular weight excluding hydrogens is 217 g/mol. The van der Waals surface area contributed by atoms with Gasteiger partial charge in [-0.15, -0.1) is 0 Å². The van der Waals surface area contributed by atoms with E-state index in [-0.39, 0.29) is 18.4 Å². The van der Waals surface area contributed by atoms with E-state index in [1.165, 1.54) is 0 Å². The summed E-state index contributed by atoms with van der Waals surface area (Å²) in [5.41, 5.74) is 4.30. The second kappa shape index (κ2) is 3.88. The van der Waals surface area contributed by atoms with Crippen LogP contribution in [-0.2, 0) is 0 Å². The molecule has 16 heavy (non-hydrogen) atoms. The Labute approximate surface area is 93.8 Å². The van der Waals surface area contributed by atoms with Crippen LogP contribution >= 0.6 is 0 Å². The van der Waals surface area contributed by atoms with Crippen LogP contribution in [0.4, 0.5) is 13.2 Å². The second-order valence-corrected chi connectivity index (χ2v) is 5.33. The Kier molecular flexibility index (Phi) is 2.95. The maximum atomic E-state index is 12.6. The van der Waals surface area contributed by atoms with Crippen molar-refractivity contribution in [3.63, 3.8) is 0 Å². The summed E-state index contributed by atoms with van der Waals surface area (Å²) in [6.45, 7) is 0.385. The lowest BCUT2D eigenvalue weighted by Crippen LogP contribution is -2.48. The third kappa shape index (κ3) is 2.35. The number of halogens is 3. The number of alkyl halides is 3. The summed E-state index contributed by atoms with van der Waals surface area (Å²) in [5.74, 6) is 0. The maximum absolute atomic E-state index is 12.6. The molecule has 0 unspecified atom stereocenters. The summed E-state index contributed by atoms with van der Waals surface area (Å²) in [7, 11) is 0. The van der Waals surface area contributed by atoms with E-state index in [4.69, 9.17) is 5.73 Å². The lowest BCUT2D eigenvalue weighted by atomic mass is 9.94. The summed E-state index contributed by atoms with van der Waals surface area (Å²) in [4.78, 5) is 0. The summed E-state index contributed by atoms with van der Waals surface area (Å²) < 4.78 is 37.8. The molecule has 0 heterocycles. The van der Waals surface area contributed by atoms with Gasteiger partial charge in [-0.25, -0.2) is 0 Å². The fraction of sp³-hybridized carbons (Fsp3) is 1.00. The molecule has 0 aromatic carbocycles. The fourth-order valence-corrected chi connectivity index (χ4v) is 2.57. The van der Waals surface area contributed by atoms with Crippen LogP contribution in [0.15, 0.2) is 0 Å². The third-order valence-corrected chi connectivity index (χ3v) is 3.98. The molecule has 0 aromatic rings. The quantitative estimate of drug-likeness (QED) is 0.786. The molecule has 0 saturated heterocycles. The van der Waals surface area contributed by atoms with E-state index in [0.717, 1.165) is 25.7 Å². The van der Waals surface area contributed by atoms with Crippen molar-refractivity contribution in [1.82, 2.24) is 5.32 Å². The summed E-state index contributed by atoms with van der Waals surface area (Å²) in [5, 5.41) is 2.66. The topological polar surface area (TPSA) is 38.0 Å². The Morgan fingerprint density at radius 2 is 1.62 bits per heavy atom. The van der Waals surface area contributed by atoms with Crippen LogP contribution in [0.2, 0.25) is 0 Å². The fourth-order valence-electron chi connectivity index (χ4n) is 2.57. The average molecular weight is 236 g/mol. The molecule has 0 amide bonds. The molecule has 0 spiro atoms. The number of rotatable bonds is 4. The Hall–Kier alpha value is -0.290. The van der Waals surface area contributed by atoms with Gasteiger partial charge in [0.1, 0.15) is 5.54 Å². The Bertz CT molecular complexity index is 252. The van der Waals surface area contributed by atoms with Gasteiger partial charge in [0.25, 0.3) is 0 Å². The van der Waals surface area contributed by atoms with Crippen LogP contribution in [0.5, 0.6) is 0 Å². The van der Waals surface area contributed by atoms with Gasteiger partial charge in [-0.3, -0.25) is 0 Å². The van der Waals surface area contributed by atoms with E-state index in [1.54, 1.807) is 0 Å². The van der Waals surface area contributed by atoms with Crippen molar-refractivity contribution < 1.29 is 13.2 Å². The van der Waals surface area contributed by atoms with Crippen molar-refractivity contribution in [3.8, 4) is 0 Å². The standard InChI is InChI=1S/C11H19F3N2/c12-11(13,14)10(5-6-10)16-8-7-9(15)3-1-2-4-9/h16H,1-8,15H2. The highest BCUT2D eigenvalue weighted by Gasteiger charge is 2.62. The van der Waals surface area contributed by atoms with Gasteiger partial charge >= 0.3 is 6.18 Å². The normalized spacial score (nSPS) is 27.0. The first-order valence-electron chi connectivity index (χ1n) is 5.98. The zero-order chi connectivity index (χ0) is 11.9. The number of nitrogens with one attached hydrogen (secondary N) is 1. The van der Waals surface area contributed by atoms with Crippen LogP contribution in [0, 0.1) is 0 Å². The molecule has 5 heteroatoms. The predicted octanol–water partition coefficient (Wildman–Crippen LogP) is 2.33. The molecule has 2 saturated carbocycles. The Morgan fingerprint density at radius 1 is 1.06 bits per heavy atom. The van der Waals surface area contributed by atoms with Gasteiger partial charge in [0.05, 0.1) is 0 Å². The van der Waals surface area contributed by atoms with Crippen LogP contribution in [0.1, 0.15) is 44.9 Å². The van der Waals surface area contributed by atoms with Gasteiger partial charge in [0.15, 0.2) is 0 Å². The lowest BCUT2D eigenvalue weighted by molar-refractivity contribution is -0.165. The molecule has 2 aliphatic carbocycles. The molecule has 0 radical (unpaired) electrons. The van der Waals surface area contributed by atoms with Gasteiger partial charge in [0.2, 0.25) is 0 Å². The summed E-state index contributed by atoms with van der Waals surface area (Å²) in [6, 6.07) is 0. The zero-order valence-electron chi connectivity index (χ0n) is 9.37. The average Bonchev–Trinajstić information content (AvgIpc) is 2.84. The molecule has 2 fully saturated rings. The molecule has 0 aromatic heterocycles. The minimum atomic E-state index is -4.11. The molecule has 2 rings (SSSR count). The van der Waals surface area contributed by atoms with E-state index >= 15 is 0 Å². The molecule has 94 valence electrons. The molecule has 0 aliphatic heterocycles. The van der Waals surface area contributed by atoms with Crippen molar-refractivity contribution in [1.29, 1.82) is 0 Å². The Morgan fingerprint density at radius 3 is 2.06 bits per heavy atom. The highest BCUT2D eigenvalue weighted by molar-refractivity contribution is 5.08. The van der Waals surface area contributed by atoms with Gasteiger partial charge in [-0.05, 0) is 38.6 Å². The third-order valence-electron chi connectivity index (χ3n) is 3.98. The van der Waals surface area contributed by atoms with Crippen molar-refractivity contribution in [2.45, 2.75) is 62.2 Å². The van der Waals surface area contributed by atoms with Crippen molar-refractivity contribution >= 4 is 0 Å². The number of hydrogen-bond donors (Lipinski definition) is 2. The smallest absolute Gasteiger partial charge is 0.325 e. The molecule has 0 bridgehead atoms. The van der Waals surface area contributed by atoms with Crippen LogP contribution < -0.4 is 11.1 Å². The predicted molar refractivity (Wildman–Crippen MR) is 56.0 cm³/mol. The number of nitrogens with two attached hydrogens (primary N) is 1. The van der Waals surface area contributed by atoms with E-state index < -0.39 is 11.7 Å². The van der Waals surface area contributed by atoms with E-state index in [0.29, 0.717) is 13.0 Å². The van der Waals surface area contributed by atoms with Crippen LogP contribution in [0.25, 0.3) is 0 Å². The van der Waals surface area contributed by atoms with Gasteiger partial charge in [-0.1, -0.05) is 12.8 Å². The van der Waals surface area contributed by atoms with Crippen molar-refractivity contribution in [3.05, 3.63) is 0 Å². The highest BCUT2D eigenvalue weighted by Crippen LogP contribution is 2.49. The molecule has 0 atom stereocenters. The van der Waals surface area contributed by atoms with Crippen molar-refractivity contribution in [2.24, 2.45) is 5.73 Å². The first-order chi connectivity index (χ1) is 7.37. The highest BCUT2D eigenvalue weighted by atomic mass is 19.4. The second-order valence-electron chi connectivity index (χ2n) is 5.33. The van der Waals surface area contributed by atoms with Crippen LogP contribution in [0.3, 0.4) is 0 Å². The van der Waals surface area contributed by atoms with Crippen LogP contribution in [-0.4, -0.2) is 23.8 Å². The monoisotopic (exact) mass is 236 g/mol. The van der Waals surface area contributed by atoms with Crippen molar-refractivity contribution in [2.75, 3.05) is 6.54 Å². The van der Waals surface area contributed by atoms with E-state index in [1.807, 2.05) is 0 Å². The van der Waals surface area contributed by atoms with Gasteiger partial charge < -0.3 is 11.1 Å². The molecular formula is C11H19F3N2. The SMILES string of the molecule is NC1(CCNC2(C(F)(F)F)CC2)CCCC1. The largest absolute Gasteiger partial charge is 0.406 e. The lowest BCUT2D eigenvalue weighted by Gasteiger charge is -2.26. The first kappa shape index (κ1) is 12.2. The summed E-state index contributed by atoms with van der Waals surface area (Å²) in [6.07, 6.45) is 1.11. The van der Waals surface area contributed by atoms with Gasteiger partial charge in [0, 0.05) is 5.54 Å². The first-order valence-corrected chi connectivity index (χ1v) is 5.98. The molecule has 2 nitrogen and oxygen atoms in total. The minimum Gasteiger partial charge on any atom is -0.325 e. The zero-order valence-corrected chi connectivity index (χ0v) is 9.37. The number of hydrogen-bond acceptors (Lipinski definition) is 2. The van der Waals surface area contributed by atoms with Gasteiger partial charge in [-0.2, -0.15) is 13.2 Å². The minimum absolute atomic E-state index is 0.214. The van der Waals surface area contributed by atoms with E-state index in [9.17, 15) is 13.2 Å². The summed E-state index contributed by atoms with van der Waals surface area (Å²) >= 11 is 0. The Balaban J connectivity index is 1.76. The molecule has 2 aliphatic rings. The van der Waals surface area contributed by atoms with E-state index in [2.05, 4.69) is 5.32 Å².